The summed E-state index contributed by atoms with van der Waals surface area (Å²) in [4.78, 5) is 25.9. The van der Waals surface area contributed by atoms with Gasteiger partial charge in [-0.15, -0.1) is 0 Å². The van der Waals surface area contributed by atoms with Gasteiger partial charge in [0.25, 0.3) is 0 Å². The fourth-order valence-corrected chi connectivity index (χ4v) is 3.87. The van der Waals surface area contributed by atoms with Crippen LogP contribution in [0.1, 0.15) is 24.0 Å². The van der Waals surface area contributed by atoms with Crippen molar-refractivity contribution >= 4 is 11.9 Å². The van der Waals surface area contributed by atoms with Gasteiger partial charge in [-0.3, -0.25) is 4.79 Å². The molecule has 1 fully saturated rings. The van der Waals surface area contributed by atoms with Crippen molar-refractivity contribution in [2.24, 2.45) is 5.92 Å². The third kappa shape index (κ3) is 3.36. The molecule has 6 nitrogen and oxygen atoms in total. The zero-order valence-electron chi connectivity index (χ0n) is 15.1. The maximum Gasteiger partial charge on any atom is 0.228 e. The number of fused-ring (bicyclic) bond motifs is 1. The van der Waals surface area contributed by atoms with Crippen LogP contribution >= 0.6 is 0 Å². The average Bonchev–Trinajstić information content (AvgIpc) is 2.73. The van der Waals surface area contributed by atoms with E-state index < -0.39 is 0 Å². The highest BCUT2D eigenvalue weighted by atomic mass is 16.5. The molecule has 1 aromatic heterocycles. The lowest BCUT2D eigenvalue weighted by Crippen LogP contribution is -2.44. The number of amides is 1. The maximum absolute atomic E-state index is 13.0. The Labute approximate surface area is 153 Å². The molecular weight excluding hydrogens is 328 g/mol. The summed E-state index contributed by atoms with van der Waals surface area (Å²) in [5.41, 5.74) is 2.66. The Kier molecular flexibility index (Phi) is 4.73. The first kappa shape index (κ1) is 16.8. The van der Waals surface area contributed by atoms with Crippen LogP contribution in [0.15, 0.2) is 36.5 Å². The van der Waals surface area contributed by atoms with Gasteiger partial charge >= 0.3 is 0 Å². The molecule has 0 aliphatic carbocycles. The molecule has 136 valence electrons. The van der Waals surface area contributed by atoms with Crippen molar-refractivity contribution in [3.8, 4) is 5.88 Å². The Hall–Kier alpha value is -2.63. The first-order valence-electron chi connectivity index (χ1n) is 9.22. The van der Waals surface area contributed by atoms with E-state index in [2.05, 4.69) is 39.1 Å². The number of hydrogen-bond donors (Lipinski definition) is 0. The van der Waals surface area contributed by atoms with Crippen molar-refractivity contribution in [1.82, 2.24) is 14.9 Å². The summed E-state index contributed by atoms with van der Waals surface area (Å²) in [5.74, 6) is 1.65. The molecule has 0 spiro atoms. The van der Waals surface area contributed by atoms with Gasteiger partial charge in [-0.05, 0) is 30.4 Å². The molecule has 0 N–H and O–H groups in total. The Morgan fingerprint density at radius 2 is 1.88 bits per heavy atom. The summed E-state index contributed by atoms with van der Waals surface area (Å²) in [7, 11) is 1.60. The number of ether oxygens (including phenoxy) is 1. The van der Waals surface area contributed by atoms with Gasteiger partial charge in [0.15, 0.2) is 0 Å². The minimum atomic E-state index is 0.0992. The third-order valence-corrected chi connectivity index (χ3v) is 5.40. The molecule has 3 heterocycles. The van der Waals surface area contributed by atoms with Gasteiger partial charge in [0.1, 0.15) is 0 Å². The average molecular weight is 352 g/mol. The monoisotopic (exact) mass is 352 g/mol. The molecule has 0 unspecified atom stereocenters. The molecule has 1 aromatic carbocycles. The highest BCUT2D eigenvalue weighted by Crippen LogP contribution is 2.26. The SMILES string of the molecule is COc1ccnc(N2CCC(C(=O)N3CCc4ccccc4C3)CC2)n1. The zero-order chi connectivity index (χ0) is 17.9. The highest BCUT2D eigenvalue weighted by molar-refractivity contribution is 5.79. The van der Waals surface area contributed by atoms with Crippen molar-refractivity contribution in [3.63, 3.8) is 0 Å². The summed E-state index contributed by atoms with van der Waals surface area (Å²) < 4.78 is 5.17. The summed E-state index contributed by atoms with van der Waals surface area (Å²) >= 11 is 0. The molecular formula is C20H24N4O2. The molecule has 6 heteroatoms. The van der Waals surface area contributed by atoms with Gasteiger partial charge in [0, 0.05) is 44.4 Å². The second-order valence-corrected chi connectivity index (χ2v) is 6.94. The number of aromatic nitrogens is 2. The molecule has 0 bridgehead atoms. The standard InChI is InChI=1S/C20H24N4O2/c1-26-18-6-10-21-20(22-18)23-11-8-16(9-12-23)19(25)24-13-7-15-4-2-3-5-17(15)14-24/h2-6,10,16H,7-9,11-14H2,1H3. The molecule has 0 radical (unpaired) electrons. The normalized spacial score (nSPS) is 17.7. The first-order chi connectivity index (χ1) is 12.7. The number of anilines is 1. The molecule has 4 rings (SSSR count). The quantitative estimate of drug-likeness (QED) is 0.848. The third-order valence-electron chi connectivity index (χ3n) is 5.40. The number of methoxy groups -OCH3 is 1. The lowest BCUT2D eigenvalue weighted by molar-refractivity contribution is -0.137. The number of carbonyl (C=O) groups excluding carboxylic acids is 1. The summed E-state index contributed by atoms with van der Waals surface area (Å²) in [6, 6.07) is 10.2. The predicted molar refractivity (Wildman–Crippen MR) is 99.1 cm³/mol. The second kappa shape index (κ2) is 7.32. The largest absolute Gasteiger partial charge is 0.481 e. The molecule has 26 heavy (non-hydrogen) atoms. The van der Waals surface area contributed by atoms with Gasteiger partial charge in [-0.2, -0.15) is 4.98 Å². The van der Waals surface area contributed by atoms with E-state index in [0.29, 0.717) is 17.7 Å². The fraction of sp³-hybridized carbons (Fsp3) is 0.450. The van der Waals surface area contributed by atoms with Crippen LogP contribution in [0, 0.1) is 5.92 Å². The van der Waals surface area contributed by atoms with Gasteiger partial charge in [0.2, 0.25) is 17.7 Å². The highest BCUT2D eigenvalue weighted by Gasteiger charge is 2.31. The molecule has 2 aliphatic heterocycles. The number of carbonyl (C=O) groups is 1. The van der Waals surface area contributed by atoms with Gasteiger partial charge < -0.3 is 14.5 Å². The van der Waals surface area contributed by atoms with Crippen LogP contribution in [0.2, 0.25) is 0 Å². The van der Waals surface area contributed by atoms with Crippen molar-refractivity contribution in [3.05, 3.63) is 47.7 Å². The van der Waals surface area contributed by atoms with E-state index in [4.69, 9.17) is 4.74 Å². The van der Waals surface area contributed by atoms with Crippen LogP contribution in [0.25, 0.3) is 0 Å². The number of nitrogens with zero attached hydrogens (tertiary/aromatic N) is 4. The van der Waals surface area contributed by atoms with E-state index in [-0.39, 0.29) is 5.92 Å². The molecule has 0 atom stereocenters. The maximum atomic E-state index is 13.0. The Balaban J connectivity index is 1.37. The van der Waals surface area contributed by atoms with Crippen LogP contribution in [-0.2, 0) is 17.8 Å². The predicted octanol–water partition coefficient (Wildman–Crippen LogP) is 2.29. The molecule has 0 saturated carbocycles. The van der Waals surface area contributed by atoms with Crippen LogP contribution in [0.4, 0.5) is 5.95 Å². The van der Waals surface area contributed by atoms with Crippen LogP contribution in [0.3, 0.4) is 0 Å². The van der Waals surface area contributed by atoms with Crippen molar-refractivity contribution < 1.29 is 9.53 Å². The lowest BCUT2D eigenvalue weighted by Gasteiger charge is -2.36. The van der Waals surface area contributed by atoms with Crippen molar-refractivity contribution in [2.45, 2.75) is 25.8 Å². The van der Waals surface area contributed by atoms with E-state index >= 15 is 0 Å². The fourth-order valence-electron chi connectivity index (χ4n) is 3.87. The van der Waals surface area contributed by atoms with Crippen molar-refractivity contribution in [1.29, 1.82) is 0 Å². The molecule has 1 amide bonds. The van der Waals surface area contributed by atoms with E-state index in [1.807, 2.05) is 4.90 Å². The van der Waals surface area contributed by atoms with Gasteiger partial charge in [0.05, 0.1) is 7.11 Å². The number of hydrogen-bond acceptors (Lipinski definition) is 5. The lowest BCUT2D eigenvalue weighted by atomic mass is 9.93. The Morgan fingerprint density at radius 3 is 2.65 bits per heavy atom. The summed E-state index contributed by atoms with van der Waals surface area (Å²) in [6.45, 7) is 3.17. The van der Waals surface area contributed by atoms with Gasteiger partial charge in [-0.25, -0.2) is 4.98 Å². The van der Waals surface area contributed by atoms with E-state index in [1.165, 1.54) is 11.1 Å². The van der Waals surface area contributed by atoms with Crippen LogP contribution in [-0.4, -0.2) is 47.5 Å². The topological polar surface area (TPSA) is 58.6 Å². The van der Waals surface area contributed by atoms with E-state index in [1.54, 1.807) is 19.4 Å². The minimum Gasteiger partial charge on any atom is -0.481 e. The van der Waals surface area contributed by atoms with Crippen molar-refractivity contribution in [2.75, 3.05) is 31.6 Å². The smallest absolute Gasteiger partial charge is 0.228 e. The zero-order valence-corrected chi connectivity index (χ0v) is 15.1. The summed E-state index contributed by atoms with van der Waals surface area (Å²) in [6.07, 6.45) is 4.36. The van der Waals surface area contributed by atoms with E-state index in [0.717, 1.165) is 45.4 Å². The summed E-state index contributed by atoms with van der Waals surface area (Å²) in [5, 5.41) is 0. The number of piperidine rings is 1. The second-order valence-electron chi connectivity index (χ2n) is 6.94. The van der Waals surface area contributed by atoms with Gasteiger partial charge in [-0.1, -0.05) is 24.3 Å². The number of benzene rings is 1. The molecule has 2 aliphatic rings. The van der Waals surface area contributed by atoms with Crippen LogP contribution in [0.5, 0.6) is 5.88 Å². The minimum absolute atomic E-state index is 0.0992. The Bertz CT molecular complexity index is 787. The molecule has 1 saturated heterocycles. The van der Waals surface area contributed by atoms with E-state index in [9.17, 15) is 4.79 Å². The molecule has 2 aromatic rings. The first-order valence-corrected chi connectivity index (χ1v) is 9.22. The Morgan fingerprint density at radius 1 is 1.12 bits per heavy atom. The number of rotatable bonds is 3. The van der Waals surface area contributed by atoms with Crippen LogP contribution < -0.4 is 9.64 Å².